The minimum atomic E-state index is -0.510. The maximum Gasteiger partial charge on any atom is 0.325 e. The fourth-order valence-corrected chi connectivity index (χ4v) is 4.85. The number of hydrogen-bond acceptors (Lipinski definition) is 6. The highest BCUT2D eigenvalue weighted by Gasteiger charge is 2.25. The number of aromatic nitrogens is 1. The Morgan fingerprint density at radius 1 is 0.972 bits per heavy atom. The molecule has 10 heteroatoms. The standard InChI is InChI=1S/C26H27N5O4S/c1-15(2)27-23(33)19-6-4-5-7-20(19)28-25(35)30-26-29-21-12-13-31(14-22(21)36-26)24(34)18-10-8-17(9-11-18)16(3)32/h4-11,15H,12-14H2,1-3H3,(H,27,33)(H2,28,29,30,35). The first-order valence-electron chi connectivity index (χ1n) is 11.6. The van der Waals surface area contributed by atoms with Gasteiger partial charge in [0.25, 0.3) is 11.8 Å². The molecule has 0 spiro atoms. The number of nitrogens with zero attached hydrogens (tertiary/aromatic N) is 2. The SMILES string of the molecule is CC(=O)c1ccc(C(=O)N2CCc3nc(NC(=O)Nc4ccccc4C(=O)NC(C)C)sc3C2)cc1. The zero-order chi connectivity index (χ0) is 25.8. The number of benzene rings is 2. The maximum atomic E-state index is 12.9. The van der Waals surface area contributed by atoms with Gasteiger partial charge in [-0.15, -0.1) is 0 Å². The molecule has 9 nitrogen and oxygen atoms in total. The molecular weight excluding hydrogens is 478 g/mol. The van der Waals surface area contributed by atoms with Crippen molar-refractivity contribution in [1.29, 1.82) is 0 Å². The van der Waals surface area contributed by atoms with Crippen LogP contribution < -0.4 is 16.0 Å². The van der Waals surface area contributed by atoms with Gasteiger partial charge >= 0.3 is 6.03 Å². The molecule has 4 amide bonds. The van der Waals surface area contributed by atoms with Crippen LogP contribution in [0.4, 0.5) is 15.6 Å². The molecule has 0 fully saturated rings. The highest BCUT2D eigenvalue weighted by atomic mass is 32.1. The van der Waals surface area contributed by atoms with E-state index in [1.54, 1.807) is 53.4 Å². The normalized spacial score (nSPS) is 12.6. The van der Waals surface area contributed by atoms with Crippen molar-refractivity contribution in [1.82, 2.24) is 15.2 Å². The van der Waals surface area contributed by atoms with Crippen LogP contribution in [0.5, 0.6) is 0 Å². The topological polar surface area (TPSA) is 120 Å². The number of anilines is 2. The number of ketones is 1. The van der Waals surface area contributed by atoms with Crippen molar-refractivity contribution >= 4 is 45.8 Å². The number of urea groups is 1. The Balaban J connectivity index is 1.40. The Morgan fingerprint density at radius 3 is 2.36 bits per heavy atom. The summed E-state index contributed by atoms with van der Waals surface area (Å²) in [4.78, 5) is 56.7. The van der Waals surface area contributed by atoms with E-state index in [2.05, 4.69) is 20.9 Å². The molecule has 0 bridgehead atoms. The molecule has 36 heavy (non-hydrogen) atoms. The summed E-state index contributed by atoms with van der Waals surface area (Å²) in [7, 11) is 0. The number of carbonyl (C=O) groups excluding carboxylic acids is 4. The first-order valence-corrected chi connectivity index (χ1v) is 12.4. The van der Waals surface area contributed by atoms with Gasteiger partial charge in [0.2, 0.25) is 0 Å². The van der Waals surface area contributed by atoms with Crippen LogP contribution in [0.15, 0.2) is 48.5 Å². The lowest BCUT2D eigenvalue weighted by Gasteiger charge is -2.26. The van der Waals surface area contributed by atoms with Crippen molar-refractivity contribution < 1.29 is 19.2 Å². The number of para-hydroxylation sites is 1. The first kappa shape index (κ1) is 25.1. The van der Waals surface area contributed by atoms with Crippen LogP contribution >= 0.6 is 11.3 Å². The van der Waals surface area contributed by atoms with Crippen LogP contribution in [0.25, 0.3) is 0 Å². The zero-order valence-electron chi connectivity index (χ0n) is 20.3. The van der Waals surface area contributed by atoms with Crippen molar-refractivity contribution in [3.8, 4) is 0 Å². The number of fused-ring (bicyclic) bond motifs is 1. The van der Waals surface area contributed by atoms with E-state index in [0.717, 1.165) is 10.6 Å². The van der Waals surface area contributed by atoms with E-state index in [9.17, 15) is 19.2 Å². The number of carbonyl (C=O) groups is 4. The number of amides is 4. The second-order valence-electron chi connectivity index (χ2n) is 8.75. The van der Waals surface area contributed by atoms with Crippen LogP contribution in [-0.2, 0) is 13.0 Å². The summed E-state index contributed by atoms with van der Waals surface area (Å²) in [6, 6.07) is 12.9. The van der Waals surface area contributed by atoms with Gasteiger partial charge < -0.3 is 15.5 Å². The molecule has 0 atom stereocenters. The van der Waals surface area contributed by atoms with E-state index >= 15 is 0 Å². The van der Waals surface area contributed by atoms with E-state index in [1.165, 1.54) is 18.3 Å². The molecule has 0 unspecified atom stereocenters. The van der Waals surface area contributed by atoms with E-state index in [4.69, 9.17) is 0 Å². The Morgan fingerprint density at radius 2 is 1.67 bits per heavy atom. The molecule has 2 heterocycles. The lowest BCUT2D eigenvalue weighted by molar-refractivity contribution is 0.0735. The monoisotopic (exact) mass is 505 g/mol. The lowest BCUT2D eigenvalue weighted by atomic mass is 10.1. The number of thiazole rings is 1. The molecule has 3 N–H and O–H groups in total. The summed E-state index contributed by atoms with van der Waals surface area (Å²) in [6.45, 7) is 6.12. The van der Waals surface area contributed by atoms with Crippen LogP contribution in [0, 0.1) is 0 Å². The molecule has 0 radical (unpaired) electrons. The minimum absolute atomic E-state index is 0.0348. The molecule has 0 saturated heterocycles. The predicted octanol–water partition coefficient (Wildman–Crippen LogP) is 4.33. The van der Waals surface area contributed by atoms with Crippen molar-refractivity contribution in [2.24, 2.45) is 0 Å². The summed E-state index contributed by atoms with van der Waals surface area (Å²) in [5, 5.41) is 8.70. The first-order chi connectivity index (χ1) is 17.2. The van der Waals surface area contributed by atoms with Crippen molar-refractivity contribution in [2.75, 3.05) is 17.2 Å². The van der Waals surface area contributed by atoms with Crippen LogP contribution in [-0.4, -0.2) is 46.1 Å². The predicted molar refractivity (Wildman–Crippen MR) is 139 cm³/mol. The molecule has 1 aliphatic rings. The third kappa shape index (κ3) is 5.77. The summed E-state index contributed by atoms with van der Waals surface area (Å²) >= 11 is 1.31. The average Bonchev–Trinajstić information content (AvgIpc) is 3.24. The highest BCUT2D eigenvalue weighted by molar-refractivity contribution is 7.15. The van der Waals surface area contributed by atoms with Gasteiger partial charge in [-0.2, -0.15) is 0 Å². The molecule has 0 saturated carbocycles. The molecule has 0 aliphatic carbocycles. The second-order valence-corrected chi connectivity index (χ2v) is 9.84. The number of nitrogens with one attached hydrogen (secondary N) is 3. The molecule has 2 aromatic carbocycles. The summed E-state index contributed by atoms with van der Waals surface area (Å²) in [5.74, 6) is -0.438. The summed E-state index contributed by atoms with van der Waals surface area (Å²) in [6.07, 6.45) is 0.574. The van der Waals surface area contributed by atoms with Gasteiger partial charge in [-0.25, -0.2) is 9.78 Å². The molecular formula is C26H27N5O4S. The van der Waals surface area contributed by atoms with Gasteiger partial charge in [-0.3, -0.25) is 19.7 Å². The van der Waals surface area contributed by atoms with Crippen molar-refractivity contribution in [3.05, 3.63) is 75.8 Å². The van der Waals surface area contributed by atoms with Gasteiger partial charge in [-0.1, -0.05) is 35.6 Å². The molecule has 1 aliphatic heterocycles. The van der Waals surface area contributed by atoms with Gasteiger partial charge in [0.1, 0.15) is 0 Å². The second kappa shape index (κ2) is 10.7. The third-order valence-corrected chi connectivity index (χ3v) is 6.61. The molecule has 3 aromatic rings. The largest absolute Gasteiger partial charge is 0.350 e. The van der Waals surface area contributed by atoms with Gasteiger partial charge in [0.05, 0.1) is 23.5 Å². The lowest BCUT2D eigenvalue weighted by Crippen LogP contribution is -2.35. The third-order valence-electron chi connectivity index (χ3n) is 5.62. The highest BCUT2D eigenvalue weighted by Crippen LogP contribution is 2.29. The Hall–Kier alpha value is -4.05. The Bertz CT molecular complexity index is 1320. The molecule has 4 rings (SSSR count). The smallest absolute Gasteiger partial charge is 0.325 e. The van der Waals surface area contributed by atoms with Crippen molar-refractivity contribution in [2.45, 2.75) is 39.8 Å². The van der Waals surface area contributed by atoms with Gasteiger partial charge in [0, 0.05) is 35.0 Å². The molecule has 186 valence electrons. The van der Waals surface area contributed by atoms with Gasteiger partial charge in [-0.05, 0) is 45.0 Å². The average molecular weight is 506 g/mol. The maximum absolute atomic E-state index is 12.9. The van der Waals surface area contributed by atoms with Crippen LogP contribution in [0.2, 0.25) is 0 Å². The van der Waals surface area contributed by atoms with Crippen LogP contribution in [0.3, 0.4) is 0 Å². The Labute approximate surface area is 212 Å². The van der Waals surface area contributed by atoms with Crippen molar-refractivity contribution in [3.63, 3.8) is 0 Å². The number of hydrogen-bond donors (Lipinski definition) is 3. The van der Waals surface area contributed by atoms with E-state index in [1.807, 2.05) is 13.8 Å². The van der Waals surface area contributed by atoms with E-state index < -0.39 is 6.03 Å². The Kier molecular flexibility index (Phi) is 7.44. The zero-order valence-corrected chi connectivity index (χ0v) is 21.1. The quantitative estimate of drug-likeness (QED) is 0.431. The van der Waals surface area contributed by atoms with Crippen LogP contribution in [0.1, 0.15) is 62.4 Å². The molecule has 1 aromatic heterocycles. The number of rotatable bonds is 6. The van der Waals surface area contributed by atoms with E-state index in [0.29, 0.717) is 47.0 Å². The minimum Gasteiger partial charge on any atom is -0.350 e. The fraction of sp³-hybridized carbons (Fsp3) is 0.269. The van der Waals surface area contributed by atoms with Gasteiger partial charge in [0.15, 0.2) is 10.9 Å². The summed E-state index contributed by atoms with van der Waals surface area (Å²) in [5.41, 5.74) is 2.69. The summed E-state index contributed by atoms with van der Waals surface area (Å²) < 4.78 is 0. The number of Topliss-reactive ketones (excluding diaryl/α,β-unsaturated/α-hetero) is 1. The van der Waals surface area contributed by atoms with E-state index in [-0.39, 0.29) is 23.6 Å². The fourth-order valence-electron chi connectivity index (χ4n) is 3.83.